The number of carboxylic acid groups (broad SMARTS) is 1. The minimum Gasteiger partial charge on any atom is -0.545 e. The Kier molecular flexibility index (Phi) is 75.3. The lowest BCUT2D eigenvalue weighted by Crippen LogP contribution is -2.44. The SMILES string of the molecule is CC/C=C\C/C=C\C/C=C\C/C=C\C/C=C\C/C=C\CCCCCCCCCCCCCCCCCCC(=O)OC(COC(=O)CCCCCCCCCCCCCCCCCCCCCCCCCCC/C=C\CCCCCCCCCC)COC(OCC[N+](C)(C)C)C(=O)[O-]. The van der Waals surface area contributed by atoms with Gasteiger partial charge in [-0.15, -0.1) is 0 Å². The molecule has 0 aromatic rings. The van der Waals surface area contributed by atoms with Crippen LogP contribution in [0, 0.1) is 0 Å². The predicted molar refractivity (Wildman–Crippen MR) is 417 cm³/mol. The fraction of sp³-hybridized carbons (Fsp3) is 0.807. The van der Waals surface area contributed by atoms with Gasteiger partial charge in [-0.2, -0.15) is 0 Å². The Balaban J connectivity index is 3.97. The van der Waals surface area contributed by atoms with Gasteiger partial charge in [0, 0.05) is 12.8 Å². The maximum Gasteiger partial charge on any atom is 0.306 e. The minimum absolute atomic E-state index is 0.148. The van der Waals surface area contributed by atoms with E-state index in [1.54, 1.807) is 0 Å². The zero-order valence-electron chi connectivity index (χ0n) is 64.7. The molecule has 2 unspecified atom stereocenters. The third-order valence-electron chi connectivity index (χ3n) is 18.6. The van der Waals surface area contributed by atoms with Crippen molar-refractivity contribution in [3.63, 3.8) is 0 Å². The highest BCUT2D eigenvalue weighted by Crippen LogP contribution is 2.20. The van der Waals surface area contributed by atoms with Crippen LogP contribution in [-0.4, -0.2) is 82.3 Å². The molecule has 0 fully saturated rings. The second kappa shape index (κ2) is 78.2. The van der Waals surface area contributed by atoms with Crippen molar-refractivity contribution in [3.8, 4) is 0 Å². The van der Waals surface area contributed by atoms with Crippen LogP contribution in [0.5, 0.6) is 0 Å². The quantitative estimate of drug-likeness (QED) is 0.0195. The van der Waals surface area contributed by atoms with Gasteiger partial charge in [0.05, 0.1) is 40.3 Å². The summed E-state index contributed by atoms with van der Waals surface area (Å²) in [5.74, 6) is -2.26. The second-order valence-corrected chi connectivity index (χ2v) is 29.4. The van der Waals surface area contributed by atoms with Crippen LogP contribution < -0.4 is 5.11 Å². The summed E-state index contributed by atoms with van der Waals surface area (Å²) in [5, 5.41) is 11.9. The molecule has 0 aromatic carbocycles. The van der Waals surface area contributed by atoms with Gasteiger partial charge in [0.15, 0.2) is 12.4 Å². The van der Waals surface area contributed by atoms with Crippen molar-refractivity contribution in [3.05, 3.63) is 85.1 Å². The fourth-order valence-electron chi connectivity index (χ4n) is 12.3. The van der Waals surface area contributed by atoms with Crippen molar-refractivity contribution in [1.82, 2.24) is 0 Å². The lowest BCUT2D eigenvalue weighted by atomic mass is 10.0. The molecule has 0 bridgehead atoms. The van der Waals surface area contributed by atoms with Crippen molar-refractivity contribution >= 4 is 17.9 Å². The molecule has 0 aromatic heterocycles. The van der Waals surface area contributed by atoms with Gasteiger partial charge in [-0.1, -0.05) is 381 Å². The van der Waals surface area contributed by atoms with Crippen LogP contribution in [0.25, 0.3) is 0 Å². The van der Waals surface area contributed by atoms with Crippen molar-refractivity contribution in [1.29, 1.82) is 0 Å². The number of nitrogens with zero attached hydrogens (tertiary/aromatic N) is 1. The van der Waals surface area contributed by atoms with E-state index in [0.29, 0.717) is 23.9 Å². The monoisotopic (exact) mass is 1360 g/mol. The Morgan fingerprint density at radius 3 is 0.887 bits per heavy atom. The first kappa shape index (κ1) is 93.5. The van der Waals surface area contributed by atoms with E-state index < -0.39 is 24.3 Å². The number of rotatable bonds is 78. The van der Waals surface area contributed by atoms with Crippen LogP contribution in [0.3, 0.4) is 0 Å². The Morgan fingerprint density at radius 2 is 0.588 bits per heavy atom. The number of hydrogen-bond donors (Lipinski definition) is 0. The number of quaternary nitrogens is 1. The summed E-state index contributed by atoms with van der Waals surface area (Å²) >= 11 is 0. The minimum atomic E-state index is -1.62. The van der Waals surface area contributed by atoms with E-state index in [0.717, 1.165) is 70.6 Å². The first-order valence-corrected chi connectivity index (χ1v) is 41.7. The normalized spacial score (nSPS) is 13.0. The number of carbonyl (C=O) groups is 3. The highest BCUT2D eigenvalue weighted by Gasteiger charge is 2.22. The van der Waals surface area contributed by atoms with Crippen LogP contribution in [0.15, 0.2) is 85.1 Å². The number of likely N-dealkylation sites (N-methyl/N-ethyl adjacent to an activating group) is 1. The van der Waals surface area contributed by atoms with E-state index in [9.17, 15) is 19.5 Å². The van der Waals surface area contributed by atoms with Gasteiger partial charge >= 0.3 is 11.9 Å². The molecule has 0 rings (SSSR count). The summed E-state index contributed by atoms with van der Waals surface area (Å²) < 4.78 is 22.9. The Bertz CT molecular complexity index is 1870. The summed E-state index contributed by atoms with van der Waals surface area (Å²) in [4.78, 5) is 37.6. The molecule has 9 nitrogen and oxygen atoms in total. The number of unbranched alkanes of at least 4 members (excludes halogenated alkanes) is 49. The molecular weight excluding hydrogens is 1200 g/mol. The zero-order chi connectivity index (χ0) is 70.4. The van der Waals surface area contributed by atoms with Crippen LogP contribution in [0.1, 0.15) is 399 Å². The van der Waals surface area contributed by atoms with Gasteiger partial charge < -0.3 is 33.3 Å². The molecule has 9 heteroatoms. The van der Waals surface area contributed by atoms with E-state index in [1.165, 1.54) is 295 Å². The number of esters is 2. The van der Waals surface area contributed by atoms with E-state index >= 15 is 0 Å². The Hall–Kier alpha value is -3.53. The second-order valence-electron chi connectivity index (χ2n) is 29.4. The van der Waals surface area contributed by atoms with Crippen LogP contribution in [-0.2, 0) is 33.3 Å². The lowest BCUT2D eigenvalue weighted by Gasteiger charge is -2.26. The molecule has 0 aliphatic rings. The van der Waals surface area contributed by atoms with Gasteiger partial charge in [-0.05, 0) is 89.9 Å². The van der Waals surface area contributed by atoms with E-state index in [2.05, 4.69) is 98.9 Å². The molecule has 0 N–H and O–H groups in total. The van der Waals surface area contributed by atoms with Gasteiger partial charge in [0.1, 0.15) is 13.2 Å². The highest BCUT2D eigenvalue weighted by atomic mass is 16.7. The van der Waals surface area contributed by atoms with Gasteiger partial charge in [0.2, 0.25) is 0 Å². The molecule has 0 radical (unpaired) electrons. The Morgan fingerprint density at radius 1 is 0.320 bits per heavy atom. The van der Waals surface area contributed by atoms with Gasteiger partial charge in [-0.25, -0.2) is 0 Å². The number of allylic oxidation sites excluding steroid dienone is 14. The number of ether oxygens (including phenoxy) is 4. The fourth-order valence-corrected chi connectivity index (χ4v) is 12.3. The smallest absolute Gasteiger partial charge is 0.306 e. The third kappa shape index (κ3) is 79.7. The molecule has 0 saturated heterocycles. The summed E-state index contributed by atoms with van der Waals surface area (Å²) in [7, 11) is 5.95. The first-order chi connectivity index (χ1) is 47.6. The largest absolute Gasteiger partial charge is 0.545 e. The maximum atomic E-state index is 13.0. The summed E-state index contributed by atoms with van der Waals surface area (Å²) in [5.41, 5.74) is 0. The standard InChI is InChI=1S/C88H159NO8/c1-6-8-10-12-14-16-18-20-22-24-26-28-30-32-34-36-38-40-42-43-45-46-48-50-52-54-56-58-60-62-64-66-68-70-72-74-76-78-85(90)95-82-84(83-96-88(87(92)93)94-81-80-89(3,4)5)97-86(91)79-77-75-73-71-69-67-65-63-61-59-57-55-53-51-49-47-44-41-39-37-35-33-31-29-27-25-23-21-19-17-15-13-11-9-7-2/h9,11,15,17,21,23-24,26-27,29,33,35,39,41,84,88H,6-8,10,12-14,16,18-20,22,25,28,30-32,34,36-38,40,42-83H2,1-5H3/b11-9-,17-15-,23-21-,26-24-,29-27-,35-33-,41-39-. The van der Waals surface area contributed by atoms with Crippen molar-refractivity contribution in [2.24, 2.45) is 0 Å². The number of carboxylic acids is 1. The average molecular weight is 1360 g/mol. The molecule has 0 heterocycles. The molecule has 0 amide bonds. The van der Waals surface area contributed by atoms with E-state index in [4.69, 9.17) is 18.9 Å². The van der Waals surface area contributed by atoms with Crippen LogP contribution in [0.4, 0.5) is 0 Å². The van der Waals surface area contributed by atoms with Crippen molar-refractivity contribution in [2.75, 3.05) is 47.5 Å². The van der Waals surface area contributed by atoms with E-state index in [-0.39, 0.29) is 32.2 Å². The molecule has 2 atom stereocenters. The third-order valence-corrected chi connectivity index (χ3v) is 18.6. The number of carbonyl (C=O) groups excluding carboxylic acids is 3. The lowest BCUT2D eigenvalue weighted by molar-refractivity contribution is -0.870. The first-order valence-electron chi connectivity index (χ1n) is 41.7. The molecule has 564 valence electrons. The molecular formula is C88H159NO8. The molecule has 0 aliphatic heterocycles. The predicted octanol–water partition coefficient (Wildman–Crippen LogP) is 25.6. The Labute approximate surface area is 601 Å². The molecule has 0 saturated carbocycles. The van der Waals surface area contributed by atoms with Crippen LogP contribution >= 0.6 is 0 Å². The highest BCUT2D eigenvalue weighted by molar-refractivity contribution is 5.70. The van der Waals surface area contributed by atoms with Gasteiger partial charge in [-0.3, -0.25) is 9.59 Å². The van der Waals surface area contributed by atoms with Crippen molar-refractivity contribution in [2.45, 2.75) is 411 Å². The van der Waals surface area contributed by atoms with E-state index in [1.807, 2.05) is 21.1 Å². The van der Waals surface area contributed by atoms with Gasteiger partial charge in [0.25, 0.3) is 0 Å². The van der Waals surface area contributed by atoms with Crippen molar-refractivity contribution < 1.29 is 42.9 Å². The summed E-state index contributed by atoms with van der Waals surface area (Å²) in [6.45, 7) is 4.69. The van der Waals surface area contributed by atoms with Crippen LogP contribution in [0.2, 0.25) is 0 Å². The zero-order valence-corrected chi connectivity index (χ0v) is 64.7. The molecule has 97 heavy (non-hydrogen) atoms. The number of hydrogen-bond acceptors (Lipinski definition) is 8. The number of aliphatic carboxylic acids is 1. The topological polar surface area (TPSA) is 111 Å². The molecule has 0 aliphatic carbocycles. The molecule has 0 spiro atoms. The maximum absolute atomic E-state index is 13.0. The average Bonchev–Trinajstić information content (AvgIpc) is 3.74. The summed E-state index contributed by atoms with van der Waals surface area (Å²) in [6, 6.07) is 0. The summed E-state index contributed by atoms with van der Waals surface area (Å²) in [6.07, 6.45) is 104.